The SMILES string of the molecule is OC[C@@]12CCCN1C[C@]1(C[C@@H]1F)C2. The molecule has 3 atom stereocenters. The predicted octanol–water partition coefficient (Wildman–Crippen LogP) is 0.945. The van der Waals surface area contributed by atoms with E-state index in [0.29, 0.717) is 0 Å². The zero-order valence-electron chi connectivity index (χ0n) is 7.80. The number of halogens is 1. The molecule has 0 bridgehead atoms. The van der Waals surface area contributed by atoms with E-state index in [1.54, 1.807) is 0 Å². The van der Waals surface area contributed by atoms with E-state index >= 15 is 0 Å². The van der Waals surface area contributed by atoms with Gasteiger partial charge in [0.1, 0.15) is 6.17 Å². The van der Waals surface area contributed by atoms with Gasteiger partial charge in [0.2, 0.25) is 0 Å². The summed E-state index contributed by atoms with van der Waals surface area (Å²) in [7, 11) is 0. The summed E-state index contributed by atoms with van der Waals surface area (Å²) in [5.74, 6) is 0. The highest BCUT2D eigenvalue weighted by atomic mass is 19.1. The number of alkyl halides is 1. The molecule has 1 saturated carbocycles. The lowest BCUT2D eigenvalue weighted by molar-refractivity contribution is 0.0996. The van der Waals surface area contributed by atoms with Crippen LogP contribution in [0.15, 0.2) is 0 Å². The first-order chi connectivity index (χ1) is 6.21. The van der Waals surface area contributed by atoms with Crippen LogP contribution in [0.1, 0.15) is 25.7 Å². The molecule has 0 unspecified atom stereocenters. The molecule has 74 valence electrons. The van der Waals surface area contributed by atoms with E-state index < -0.39 is 6.17 Å². The lowest BCUT2D eigenvalue weighted by atomic mass is 9.89. The molecule has 13 heavy (non-hydrogen) atoms. The molecule has 3 rings (SSSR count). The van der Waals surface area contributed by atoms with Crippen molar-refractivity contribution in [1.82, 2.24) is 4.90 Å². The van der Waals surface area contributed by atoms with Crippen LogP contribution in [0, 0.1) is 5.41 Å². The molecule has 0 amide bonds. The molecular formula is C10H16FNO. The van der Waals surface area contributed by atoms with Crippen molar-refractivity contribution in [2.45, 2.75) is 37.4 Å². The van der Waals surface area contributed by atoms with Gasteiger partial charge in [0.15, 0.2) is 0 Å². The van der Waals surface area contributed by atoms with E-state index in [-0.39, 0.29) is 17.6 Å². The molecule has 3 fully saturated rings. The highest BCUT2D eigenvalue weighted by Crippen LogP contribution is 2.61. The maximum absolute atomic E-state index is 13.2. The highest BCUT2D eigenvalue weighted by Gasteiger charge is 2.66. The van der Waals surface area contributed by atoms with E-state index in [2.05, 4.69) is 4.90 Å². The number of hydrogen-bond donors (Lipinski definition) is 1. The Kier molecular flexibility index (Phi) is 1.42. The summed E-state index contributed by atoms with van der Waals surface area (Å²) < 4.78 is 13.2. The van der Waals surface area contributed by atoms with Crippen LogP contribution in [0.2, 0.25) is 0 Å². The first-order valence-electron chi connectivity index (χ1n) is 5.21. The molecule has 0 aromatic carbocycles. The molecule has 2 heterocycles. The van der Waals surface area contributed by atoms with Crippen molar-refractivity contribution in [3.63, 3.8) is 0 Å². The Morgan fingerprint density at radius 1 is 1.54 bits per heavy atom. The van der Waals surface area contributed by atoms with E-state index in [0.717, 1.165) is 32.4 Å². The Balaban J connectivity index is 1.86. The second-order valence-electron chi connectivity index (χ2n) is 5.12. The lowest BCUT2D eigenvalue weighted by Crippen LogP contribution is -2.41. The van der Waals surface area contributed by atoms with Gasteiger partial charge in [0.25, 0.3) is 0 Å². The molecule has 0 aromatic heterocycles. The van der Waals surface area contributed by atoms with Gasteiger partial charge in [-0.2, -0.15) is 0 Å². The largest absolute Gasteiger partial charge is 0.394 e. The van der Waals surface area contributed by atoms with Crippen LogP contribution in [0.4, 0.5) is 4.39 Å². The molecule has 2 aliphatic heterocycles. The van der Waals surface area contributed by atoms with Crippen LogP contribution in [0.5, 0.6) is 0 Å². The van der Waals surface area contributed by atoms with Crippen LogP contribution in [-0.4, -0.2) is 41.4 Å². The summed E-state index contributed by atoms with van der Waals surface area (Å²) in [6, 6.07) is 0. The second kappa shape index (κ2) is 2.26. The predicted molar refractivity (Wildman–Crippen MR) is 47.2 cm³/mol. The van der Waals surface area contributed by atoms with Gasteiger partial charge < -0.3 is 5.11 Å². The number of aliphatic hydroxyl groups is 1. The van der Waals surface area contributed by atoms with Crippen LogP contribution in [-0.2, 0) is 0 Å². The summed E-state index contributed by atoms with van der Waals surface area (Å²) >= 11 is 0. The van der Waals surface area contributed by atoms with Crippen LogP contribution in [0.3, 0.4) is 0 Å². The molecular weight excluding hydrogens is 169 g/mol. The van der Waals surface area contributed by atoms with Gasteiger partial charge in [-0.3, -0.25) is 4.90 Å². The second-order valence-corrected chi connectivity index (χ2v) is 5.12. The fourth-order valence-electron chi connectivity index (χ4n) is 3.41. The molecule has 3 heteroatoms. The molecule has 0 radical (unpaired) electrons. The molecule has 2 saturated heterocycles. The minimum absolute atomic E-state index is 0.0269. The number of nitrogens with zero attached hydrogens (tertiary/aromatic N) is 1. The van der Waals surface area contributed by atoms with Crippen molar-refractivity contribution in [3.8, 4) is 0 Å². The van der Waals surface area contributed by atoms with Crippen molar-refractivity contribution in [3.05, 3.63) is 0 Å². The third kappa shape index (κ3) is 0.895. The molecule has 1 spiro atoms. The Bertz CT molecular complexity index is 247. The minimum Gasteiger partial charge on any atom is -0.394 e. The highest BCUT2D eigenvalue weighted by molar-refractivity contribution is 5.18. The molecule has 1 N–H and O–H groups in total. The first kappa shape index (κ1) is 8.18. The molecule has 2 nitrogen and oxygen atoms in total. The number of hydrogen-bond acceptors (Lipinski definition) is 2. The van der Waals surface area contributed by atoms with Gasteiger partial charge in [-0.1, -0.05) is 0 Å². The van der Waals surface area contributed by atoms with Gasteiger partial charge >= 0.3 is 0 Å². The maximum atomic E-state index is 13.2. The number of rotatable bonds is 1. The Labute approximate surface area is 77.7 Å². The van der Waals surface area contributed by atoms with Crippen molar-refractivity contribution >= 4 is 0 Å². The van der Waals surface area contributed by atoms with Gasteiger partial charge in [-0.25, -0.2) is 4.39 Å². The van der Waals surface area contributed by atoms with Crippen LogP contribution < -0.4 is 0 Å². The Morgan fingerprint density at radius 2 is 2.31 bits per heavy atom. The van der Waals surface area contributed by atoms with Gasteiger partial charge in [-0.05, 0) is 32.2 Å². The zero-order chi connectivity index (χ0) is 9.10. The van der Waals surface area contributed by atoms with E-state index in [1.807, 2.05) is 0 Å². The lowest BCUT2D eigenvalue weighted by Gasteiger charge is -2.29. The maximum Gasteiger partial charge on any atom is 0.108 e. The summed E-state index contributed by atoms with van der Waals surface area (Å²) in [5.41, 5.74) is -0.0655. The molecule has 0 aromatic rings. The number of aliphatic hydroxyl groups excluding tert-OH is 1. The fraction of sp³-hybridized carbons (Fsp3) is 1.00. The van der Waals surface area contributed by atoms with Gasteiger partial charge in [-0.15, -0.1) is 0 Å². The van der Waals surface area contributed by atoms with E-state index in [9.17, 15) is 9.50 Å². The fourth-order valence-corrected chi connectivity index (χ4v) is 3.41. The van der Waals surface area contributed by atoms with E-state index in [1.165, 1.54) is 6.42 Å². The smallest absolute Gasteiger partial charge is 0.108 e. The summed E-state index contributed by atoms with van der Waals surface area (Å²) in [6.45, 7) is 2.19. The quantitative estimate of drug-likeness (QED) is 0.657. The van der Waals surface area contributed by atoms with Crippen molar-refractivity contribution in [2.24, 2.45) is 5.41 Å². The van der Waals surface area contributed by atoms with Crippen molar-refractivity contribution < 1.29 is 9.50 Å². The topological polar surface area (TPSA) is 23.5 Å². The summed E-state index contributed by atoms with van der Waals surface area (Å²) in [5, 5.41) is 9.41. The van der Waals surface area contributed by atoms with E-state index in [4.69, 9.17) is 0 Å². The summed E-state index contributed by atoms with van der Waals surface area (Å²) in [4.78, 5) is 2.33. The number of fused-ring (bicyclic) bond motifs is 1. The van der Waals surface area contributed by atoms with Crippen molar-refractivity contribution in [1.29, 1.82) is 0 Å². The standard InChI is InChI=1S/C10H16FNO/c11-8-4-9(8)5-10(7-13)2-1-3-12(10)6-9/h8,13H,1-7H2/t8-,9-,10-/m0/s1. The minimum atomic E-state index is -0.582. The molecule has 3 aliphatic rings. The van der Waals surface area contributed by atoms with Crippen molar-refractivity contribution in [2.75, 3.05) is 19.7 Å². The van der Waals surface area contributed by atoms with Gasteiger partial charge in [0, 0.05) is 17.5 Å². The first-order valence-corrected chi connectivity index (χ1v) is 5.21. The van der Waals surface area contributed by atoms with Crippen LogP contribution in [0.25, 0.3) is 0 Å². The normalized spacial score (nSPS) is 54.5. The third-order valence-electron chi connectivity index (χ3n) is 4.31. The average Bonchev–Trinajstić information content (AvgIpc) is 2.43. The molecule has 1 aliphatic carbocycles. The average molecular weight is 185 g/mol. The van der Waals surface area contributed by atoms with Crippen LogP contribution >= 0.6 is 0 Å². The Morgan fingerprint density at radius 3 is 2.85 bits per heavy atom. The van der Waals surface area contributed by atoms with Gasteiger partial charge in [0.05, 0.1) is 6.61 Å². The third-order valence-corrected chi connectivity index (χ3v) is 4.31. The monoisotopic (exact) mass is 185 g/mol. The Hall–Kier alpha value is -0.150. The zero-order valence-corrected chi connectivity index (χ0v) is 7.80. The summed E-state index contributed by atoms with van der Waals surface area (Å²) in [6.07, 6.45) is 3.30.